The van der Waals surface area contributed by atoms with Crippen molar-refractivity contribution in [1.29, 1.82) is 0 Å². The molecule has 1 aliphatic heterocycles. The van der Waals surface area contributed by atoms with Crippen LogP contribution in [0.5, 0.6) is 0 Å². The number of hydrogen-bond donors (Lipinski definition) is 3. The monoisotopic (exact) mass is 362 g/mol. The second-order valence-corrected chi connectivity index (χ2v) is 6.30. The molecule has 5 N–H and O–H groups in total. The Morgan fingerprint density at radius 1 is 1.31 bits per heavy atom. The molecule has 1 fully saturated rings. The Labute approximate surface area is 154 Å². The van der Waals surface area contributed by atoms with Crippen LogP contribution in [0.3, 0.4) is 0 Å². The average Bonchev–Trinajstić information content (AvgIpc) is 2.89. The molecule has 1 unspecified atom stereocenters. The van der Waals surface area contributed by atoms with Crippen LogP contribution in [0.1, 0.15) is 25.1 Å². The minimum absolute atomic E-state index is 0.263. The fraction of sp³-hybridized carbons (Fsp3) is 0.526. The molecule has 2 heterocycles. The number of hydrogen-bond acceptors (Lipinski definition) is 5. The first-order valence-electron chi connectivity index (χ1n) is 9.08. The molecular formula is C19H30N4O3. The molecule has 3 rings (SSSR count). The number of carboxylic acid groups (broad SMARTS) is 1. The first kappa shape index (κ1) is 20.1. The molecule has 0 amide bonds. The molecule has 144 valence electrons. The van der Waals surface area contributed by atoms with Crippen molar-refractivity contribution in [2.45, 2.75) is 33.2 Å². The molecule has 1 aliphatic rings. The van der Waals surface area contributed by atoms with E-state index in [1.807, 2.05) is 33.9 Å². The highest BCUT2D eigenvalue weighted by Gasteiger charge is 2.22. The molecular weight excluding hydrogens is 332 g/mol. The van der Waals surface area contributed by atoms with Gasteiger partial charge < -0.3 is 30.8 Å². The number of ether oxygens (including phenoxy) is 1. The summed E-state index contributed by atoms with van der Waals surface area (Å²) >= 11 is 0. The first-order chi connectivity index (χ1) is 12.4. The number of nitrogens with two attached hydrogens (primary N) is 2. The van der Waals surface area contributed by atoms with Crippen molar-refractivity contribution in [2.24, 2.45) is 12.8 Å². The maximum atomic E-state index is 11.1. The molecule has 1 aromatic carbocycles. The van der Waals surface area contributed by atoms with Crippen LogP contribution in [0.4, 0.5) is 11.4 Å². The number of fused-ring (bicyclic) bond motifs is 1. The molecule has 0 saturated carbocycles. The van der Waals surface area contributed by atoms with Crippen LogP contribution in [0.2, 0.25) is 0 Å². The number of morpholine rings is 1. The number of aromatic nitrogens is 1. The second kappa shape index (κ2) is 8.42. The number of aliphatic carboxylic acids is 1. The van der Waals surface area contributed by atoms with Gasteiger partial charge in [-0.1, -0.05) is 13.8 Å². The largest absolute Gasteiger partial charge is 0.480 e. The van der Waals surface area contributed by atoms with E-state index in [-0.39, 0.29) is 6.42 Å². The zero-order valence-corrected chi connectivity index (χ0v) is 16.1. The van der Waals surface area contributed by atoms with Crippen molar-refractivity contribution >= 4 is 28.2 Å². The van der Waals surface area contributed by atoms with Crippen LogP contribution < -0.4 is 16.4 Å². The maximum absolute atomic E-state index is 11.1. The van der Waals surface area contributed by atoms with E-state index in [0.717, 1.165) is 40.9 Å². The van der Waals surface area contributed by atoms with Crippen LogP contribution in [0, 0.1) is 6.92 Å². The highest BCUT2D eigenvalue weighted by Crippen LogP contribution is 2.34. The van der Waals surface area contributed by atoms with Gasteiger partial charge in [0.15, 0.2) is 0 Å². The Balaban J connectivity index is 0.00000117. The maximum Gasteiger partial charge on any atom is 0.320 e. The predicted octanol–water partition coefficient (Wildman–Crippen LogP) is 1.89. The summed E-state index contributed by atoms with van der Waals surface area (Å²) in [7, 11) is 1.97. The number of carbonyl (C=O) groups is 1. The smallest absolute Gasteiger partial charge is 0.320 e. The molecule has 0 radical (unpaired) electrons. The van der Waals surface area contributed by atoms with Gasteiger partial charge in [0.25, 0.3) is 0 Å². The molecule has 0 spiro atoms. The predicted molar refractivity (Wildman–Crippen MR) is 106 cm³/mol. The Morgan fingerprint density at radius 3 is 2.50 bits per heavy atom. The van der Waals surface area contributed by atoms with E-state index >= 15 is 0 Å². The number of anilines is 2. The van der Waals surface area contributed by atoms with Crippen molar-refractivity contribution < 1.29 is 14.6 Å². The summed E-state index contributed by atoms with van der Waals surface area (Å²) in [5.74, 6) is -1.00. The highest BCUT2D eigenvalue weighted by atomic mass is 16.5. The molecule has 7 nitrogen and oxygen atoms in total. The summed E-state index contributed by atoms with van der Waals surface area (Å²) in [4.78, 5) is 13.4. The fourth-order valence-corrected chi connectivity index (χ4v) is 3.35. The summed E-state index contributed by atoms with van der Waals surface area (Å²) < 4.78 is 7.46. The third kappa shape index (κ3) is 3.78. The lowest BCUT2D eigenvalue weighted by molar-refractivity contribution is -0.138. The molecule has 1 aromatic heterocycles. The lowest BCUT2D eigenvalue weighted by Crippen LogP contribution is -2.36. The molecule has 0 bridgehead atoms. The zero-order valence-electron chi connectivity index (χ0n) is 16.1. The number of rotatable bonds is 4. The van der Waals surface area contributed by atoms with Gasteiger partial charge in [0, 0.05) is 49.0 Å². The Kier molecular flexibility index (Phi) is 6.50. The van der Waals surface area contributed by atoms with E-state index in [1.165, 1.54) is 0 Å². The molecule has 0 aliphatic carbocycles. The van der Waals surface area contributed by atoms with Crippen LogP contribution in [-0.4, -0.2) is 48.0 Å². The zero-order chi connectivity index (χ0) is 19.4. The summed E-state index contributed by atoms with van der Waals surface area (Å²) in [6.07, 6.45) is 0.263. The molecule has 1 atom stereocenters. The van der Waals surface area contributed by atoms with E-state index in [1.54, 1.807) is 0 Å². The van der Waals surface area contributed by atoms with Crippen molar-refractivity contribution in [3.63, 3.8) is 0 Å². The Hall–Kier alpha value is -2.25. The third-order valence-electron chi connectivity index (χ3n) is 4.85. The van der Waals surface area contributed by atoms with Crippen LogP contribution in [0.15, 0.2) is 12.1 Å². The van der Waals surface area contributed by atoms with E-state index in [9.17, 15) is 4.79 Å². The van der Waals surface area contributed by atoms with Crippen molar-refractivity contribution in [3.05, 3.63) is 23.4 Å². The van der Waals surface area contributed by atoms with Crippen molar-refractivity contribution in [2.75, 3.05) is 36.9 Å². The molecule has 2 aromatic rings. The lowest BCUT2D eigenvalue weighted by Gasteiger charge is -2.29. The lowest BCUT2D eigenvalue weighted by atomic mass is 10.0. The van der Waals surface area contributed by atoms with Gasteiger partial charge in [-0.2, -0.15) is 0 Å². The van der Waals surface area contributed by atoms with E-state index < -0.39 is 12.0 Å². The minimum atomic E-state index is -1.00. The minimum Gasteiger partial charge on any atom is -0.480 e. The summed E-state index contributed by atoms with van der Waals surface area (Å²) in [5.41, 5.74) is 16.7. The van der Waals surface area contributed by atoms with Gasteiger partial charge in [0.1, 0.15) is 6.04 Å². The van der Waals surface area contributed by atoms with Gasteiger partial charge in [0.2, 0.25) is 0 Å². The number of carboxylic acids is 1. The summed E-state index contributed by atoms with van der Waals surface area (Å²) in [5, 5.41) is 10.0. The Morgan fingerprint density at radius 2 is 1.92 bits per heavy atom. The average molecular weight is 362 g/mol. The van der Waals surface area contributed by atoms with E-state index in [2.05, 4.69) is 15.5 Å². The van der Waals surface area contributed by atoms with Crippen molar-refractivity contribution in [3.8, 4) is 0 Å². The number of nitrogens with zero attached hydrogens (tertiary/aromatic N) is 2. The number of nitrogen functional groups attached to an aromatic ring is 1. The van der Waals surface area contributed by atoms with Crippen LogP contribution in [0.25, 0.3) is 10.9 Å². The standard InChI is InChI=1S/C17H24N4O3.C2H6/c1-10-12(9-14(19)17(22)23)16-13(18)7-11(8-15(16)20(10)2)21-3-5-24-6-4-21;1-2/h7-8,14H,3-6,9,18-19H2,1-2H3,(H,22,23);1-2H3. The van der Waals surface area contributed by atoms with Gasteiger partial charge in [-0.3, -0.25) is 4.79 Å². The quantitative estimate of drug-likeness (QED) is 0.717. The fourth-order valence-electron chi connectivity index (χ4n) is 3.35. The van der Waals surface area contributed by atoms with Crippen LogP contribution in [-0.2, 0) is 23.0 Å². The normalized spacial score (nSPS) is 15.5. The summed E-state index contributed by atoms with van der Waals surface area (Å²) in [6, 6.07) is 3.13. The van der Waals surface area contributed by atoms with E-state index in [4.69, 9.17) is 21.3 Å². The first-order valence-corrected chi connectivity index (χ1v) is 9.08. The third-order valence-corrected chi connectivity index (χ3v) is 4.85. The van der Waals surface area contributed by atoms with E-state index in [0.29, 0.717) is 18.9 Å². The van der Waals surface area contributed by atoms with Gasteiger partial charge in [-0.15, -0.1) is 0 Å². The highest BCUT2D eigenvalue weighted by molar-refractivity contribution is 5.98. The van der Waals surface area contributed by atoms with Crippen LogP contribution >= 0.6 is 0 Å². The number of aryl methyl sites for hydroxylation is 1. The molecule has 7 heteroatoms. The molecule has 1 saturated heterocycles. The van der Waals surface area contributed by atoms with Gasteiger partial charge in [0.05, 0.1) is 18.7 Å². The SMILES string of the molecule is CC.Cc1c(CC(N)C(=O)O)c2c(N)cc(N3CCOCC3)cc2n1C. The number of benzene rings is 1. The summed E-state index contributed by atoms with van der Waals surface area (Å²) in [6.45, 7) is 9.07. The van der Waals surface area contributed by atoms with Gasteiger partial charge >= 0.3 is 5.97 Å². The second-order valence-electron chi connectivity index (χ2n) is 6.30. The topological polar surface area (TPSA) is 107 Å². The molecule has 26 heavy (non-hydrogen) atoms. The van der Waals surface area contributed by atoms with Gasteiger partial charge in [-0.05, 0) is 24.6 Å². The van der Waals surface area contributed by atoms with Crippen molar-refractivity contribution in [1.82, 2.24) is 4.57 Å². The Bertz CT molecular complexity index is 779. The van der Waals surface area contributed by atoms with Gasteiger partial charge in [-0.25, -0.2) is 0 Å².